The number of imidazole rings is 1. The van der Waals surface area contributed by atoms with E-state index in [1.807, 2.05) is 84.3 Å². The number of hydrogen-bond acceptors (Lipinski definition) is 2. The first-order valence-corrected chi connectivity index (χ1v) is 9.75. The molecule has 0 bridgehead atoms. The van der Waals surface area contributed by atoms with E-state index in [2.05, 4.69) is 17.4 Å². The maximum atomic E-state index is 12.6. The number of nitrogens with zero attached hydrogens (tertiary/aromatic N) is 2. The Bertz CT molecular complexity index is 1140. The Morgan fingerprint density at radius 2 is 1.72 bits per heavy atom. The SMILES string of the molecule is Cc1ccn2c(NC(=O)/C=C/c3ccccc3)c(CCc3ccccc3)nc2c1. The minimum Gasteiger partial charge on any atom is -0.307 e. The number of amides is 1. The van der Waals surface area contributed by atoms with Crippen LogP contribution in [-0.2, 0) is 17.6 Å². The lowest BCUT2D eigenvalue weighted by Crippen LogP contribution is -2.12. The summed E-state index contributed by atoms with van der Waals surface area (Å²) in [4.78, 5) is 17.4. The van der Waals surface area contributed by atoms with Crippen LogP contribution in [0.4, 0.5) is 5.82 Å². The molecule has 4 rings (SSSR count). The van der Waals surface area contributed by atoms with Crippen LogP contribution in [0.15, 0.2) is 85.1 Å². The first-order chi connectivity index (χ1) is 14.2. The van der Waals surface area contributed by atoms with Crippen molar-refractivity contribution in [2.75, 3.05) is 5.32 Å². The van der Waals surface area contributed by atoms with Crippen molar-refractivity contribution >= 4 is 23.4 Å². The van der Waals surface area contributed by atoms with E-state index in [1.54, 1.807) is 6.08 Å². The molecule has 0 aliphatic carbocycles. The van der Waals surface area contributed by atoms with Crippen LogP contribution in [0.3, 0.4) is 0 Å². The van der Waals surface area contributed by atoms with Crippen molar-refractivity contribution < 1.29 is 4.79 Å². The Kier molecular flexibility index (Phi) is 5.52. The van der Waals surface area contributed by atoms with Crippen LogP contribution >= 0.6 is 0 Å². The fourth-order valence-electron chi connectivity index (χ4n) is 3.30. The number of fused-ring (bicyclic) bond motifs is 1. The van der Waals surface area contributed by atoms with Gasteiger partial charge in [0.1, 0.15) is 11.5 Å². The average molecular weight is 381 g/mol. The van der Waals surface area contributed by atoms with Gasteiger partial charge in [-0.3, -0.25) is 9.20 Å². The number of anilines is 1. The van der Waals surface area contributed by atoms with E-state index in [4.69, 9.17) is 4.98 Å². The number of benzene rings is 2. The second kappa shape index (κ2) is 8.57. The predicted molar refractivity (Wildman–Crippen MR) is 118 cm³/mol. The van der Waals surface area contributed by atoms with Crippen LogP contribution < -0.4 is 5.32 Å². The second-order valence-corrected chi connectivity index (χ2v) is 7.06. The Hall–Kier alpha value is -3.66. The van der Waals surface area contributed by atoms with Crippen molar-refractivity contribution in [3.05, 3.63) is 107 Å². The van der Waals surface area contributed by atoms with Gasteiger partial charge in [0, 0.05) is 12.3 Å². The van der Waals surface area contributed by atoms with Gasteiger partial charge in [-0.15, -0.1) is 0 Å². The Balaban J connectivity index is 1.59. The van der Waals surface area contributed by atoms with Gasteiger partial charge in [-0.1, -0.05) is 60.7 Å². The number of hydrogen-bond donors (Lipinski definition) is 1. The van der Waals surface area contributed by atoms with Gasteiger partial charge >= 0.3 is 0 Å². The number of aromatic nitrogens is 2. The van der Waals surface area contributed by atoms with Gasteiger partial charge < -0.3 is 5.32 Å². The molecule has 0 fully saturated rings. The Labute approximate surface area is 170 Å². The van der Waals surface area contributed by atoms with E-state index in [0.717, 1.165) is 41.1 Å². The predicted octanol–water partition coefficient (Wildman–Crippen LogP) is 5.08. The largest absolute Gasteiger partial charge is 0.307 e. The molecule has 0 radical (unpaired) electrons. The Morgan fingerprint density at radius 1 is 1.00 bits per heavy atom. The summed E-state index contributed by atoms with van der Waals surface area (Å²) in [7, 11) is 0. The molecule has 0 unspecified atom stereocenters. The third-order valence-corrected chi connectivity index (χ3v) is 4.82. The van der Waals surface area contributed by atoms with Crippen LogP contribution in [0, 0.1) is 6.92 Å². The van der Waals surface area contributed by atoms with Gasteiger partial charge in [-0.05, 0) is 54.7 Å². The number of nitrogens with one attached hydrogen (secondary N) is 1. The lowest BCUT2D eigenvalue weighted by Gasteiger charge is -2.06. The number of rotatable bonds is 6. The molecule has 0 saturated heterocycles. The van der Waals surface area contributed by atoms with Gasteiger partial charge in [0.15, 0.2) is 0 Å². The highest BCUT2D eigenvalue weighted by atomic mass is 16.1. The smallest absolute Gasteiger partial charge is 0.249 e. The van der Waals surface area contributed by atoms with Crippen LogP contribution in [0.1, 0.15) is 22.4 Å². The van der Waals surface area contributed by atoms with Crippen molar-refractivity contribution in [1.82, 2.24) is 9.38 Å². The molecule has 0 aliphatic rings. The molecule has 2 aromatic carbocycles. The molecule has 4 heteroatoms. The van der Waals surface area contributed by atoms with Crippen molar-refractivity contribution in [2.24, 2.45) is 0 Å². The lowest BCUT2D eigenvalue weighted by molar-refractivity contribution is -0.111. The Morgan fingerprint density at radius 3 is 2.48 bits per heavy atom. The first-order valence-electron chi connectivity index (χ1n) is 9.75. The third kappa shape index (κ3) is 4.61. The molecular formula is C25H23N3O. The summed E-state index contributed by atoms with van der Waals surface area (Å²) in [6, 6.07) is 24.2. The van der Waals surface area contributed by atoms with Gasteiger partial charge in [-0.25, -0.2) is 4.98 Å². The van der Waals surface area contributed by atoms with Gasteiger partial charge in [0.25, 0.3) is 0 Å². The molecule has 0 spiro atoms. The molecule has 2 heterocycles. The monoisotopic (exact) mass is 381 g/mol. The molecule has 2 aromatic heterocycles. The summed E-state index contributed by atoms with van der Waals surface area (Å²) >= 11 is 0. The molecule has 1 amide bonds. The fourth-order valence-corrected chi connectivity index (χ4v) is 3.30. The summed E-state index contributed by atoms with van der Waals surface area (Å²) < 4.78 is 1.95. The topological polar surface area (TPSA) is 46.4 Å². The number of carbonyl (C=O) groups is 1. The van der Waals surface area contributed by atoms with E-state index in [-0.39, 0.29) is 5.91 Å². The number of carbonyl (C=O) groups excluding carboxylic acids is 1. The van der Waals surface area contributed by atoms with Crippen molar-refractivity contribution in [2.45, 2.75) is 19.8 Å². The van der Waals surface area contributed by atoms with E-state index in [1.165, 1.54) is 5.56 Å². The molecule has 4 aromatic rings. The van der Waals surface area contributed by atoms with Crippen molar-refractivity contribution in [3.8, 4) is 0 Å². The van der Waals surface area contributed by atoms with Gasteiger partial charge in [0.2, 0.25) is 5.91 Å². The van der Waals surface area contributed by atoms with Gasteiger partial charge in [-0.2, -0.15) is 0 Å². The van der Waals surface area contributed by atoms with E-state index < -0.39 is 0 Å². The zero-order valence-electron chi connectivity index (χ0n) is 16.4. The van der Waals surface area contributed by atoms with Crippen molar-refractivity contribution in [3.63, 3.8) is 0 Å². The lowest BCUT2D eigenvalue weighted by atomic mass is 10.1. The quantitative estimate of drug-likeness (QED) is 0.474. The molecule has 4 nitrogen and oxygen atoms in total. The van der Waals surface area contributed by atoms with E-state index in [0.29, 0.717) is 0 Å². The zero-order chi connectivity index (χ0) is 20.1. The third-order valence-electron chi connectivity index (χ3n) is 4.82. The van der Waals surface area contributed by atoms with Crippen LogP contribution in [0.2, 0.25) is 0 Å². The van der Waals surface area contributed by atoms with E-state index >= 15 is 0 Å². The highest BCUT2D eigenvalue weighted by Gasteiger charge is 2.14. The van der Waals surface area contributed by atoms with E-state index in [9.17, 15) is 4.79 Å². The zero-order valence-corrected chi connectivity index (χ0v) is 16.4. The molecular weight excluding hydrogens is 358 g/mol. The number of pyridine rings is 1. The summed E-state index contributed by atoms with van der Waals surface area (Å²) in [5.41, 5.74) is 5.11. The molecule has 0 saturated carbocycles. The molecule has 1 N–H and O–H groups in total. The van der Waals surface area contributed by atoms with Crippen LogP contribution in [0.25, 0.3) is 11.7 Å². The molecule has 29 heavy (non-hydrogen) atoms. The molecule has 0 aliphatic heterocycles. The standard InChI is InChI=1S/C25H23N3O/c1-19-16-17-28-23(18-19)26-22(14-12-20-8-4-2-5-9-20)25(28)27-24(29)15-13-21-10-6-3-7-11-21/h2-11,13,15-18H,12,14H2,1H3,(H,27,29)/b15-13+. The van der Waals surface area contributed by atoms with Gasteiger partial charge in [0.05, 0.1) is 5.69 Å². The second-order valence-electron chi connectivity index (χ2n) is 7.06. The summed E-state index contributed by atoms with van der Waals surface area (Å²) in [6.45, 7) is 2.04. The van der Waals surface area contributed by atoms with Crippen molar-refractivity contribution in [1.29, 1.82) is 0 Å². The average Bonchev–Trinajstić information content (AvgIpc) is 3.08. The summed E-state index contributed by atoms with van der Waals surface area (Å²) in [5.74, 6) is 0.566. The minimum absolute atomic E-state index is 0.169. The van der Waals surface area contributed by atoms with Crippen LogP contribution in [0.5, 0.6) is 0 Å². The highest BCUT2D eigenvalue weighted by Crippen LogP contribution is 2.21. The minimum atomic E-state index is -0.169. The summed E-state index contributed by atoms with van der Waals surface area (Å²) in [5, 5.41) is 3.03. The number of aryl methyl sites for hydroxylation is 3. The summed E-state index contributed by atoms with van der Waals surface area (Å²) in [6.07, 6.45) is 6.95. The molecule has 144 valence electrons. The molecule has 0 atom stereocenters. The highest BCUT2D eigenvalue weighted by molar-refractivity contribution is 6.02. The fraction of sp³-hybridized carbons (Fsp3) is 0.120. The maximum absolute atomic E-state index is 12.6. The first kappa shape index (κ1) is 18.7. The normalized spacial score (nSPS) is 11.2. The maximum Gasteiger partial charge on any atom is 0.249 e. The van der Waals surface area contributed by atoms with Crippen LogP contribution in [-0.4, -0.2) is 15.3 Å².